The number of β-lactam (4-membered cyclic amide) rings is 1. The van der Waals surface area contributed by atoms with Gasteiger partial charge in [-0.25, -0.2) is 19.6 Å². The Bertz CT molecular complexity index is 1990. The van der Waals surface area contributed by atoms with Crippen LogP contribution in [0.15, 0.2) is 63.4 Å². The molecule has 10 N–H and O–H groups in total. The summed E-state index contributed by atoms with van der Waals surface area (Å²) in [5.41, 5.74) is 12.9. The first-order chi connectivity index (χ1) is 22.9. The second kappa shape index (κ2) is 13.0. The number of amides is 2. The third-order valence-corrected chi connectivity index (χ3v) is 10.2. The Morgan fingerprint density at radius 3 is 2.65 bits per heavy atom. The molecule has 0 bridgehead atoms. The number of aromatic nitrogens is 3. The number of nitrogen functional groups attached to an aromatic ring is 2. The van der Waals surface area contributed by atoms with E-state index in [2.05, 4.69) is 25.4 Å². The molecule has 4 heterocycles. The molecular formula is C28H24N8O9S3. The summed E-state index contributed by atoms with van der Waals surface area (Å²) in [4.78, 5) is 68.9. The standard InChI is InChI=1S/C28H24N8O9S3/c29-21-12-2-1-3-13(12)32-28(34-21)48-8-11-7-46-24-18(23(40)36(24)19(11)25(41)42)33-22(39)17(14-9-47-27(30)31-14)35-45-20(26(43)44)10-4-5-15(37)16(38)6-10/h1-6,9,18,20,24,37-38H,7-8,29H2,(H2,30,31)(H,32,34)(H,33,39)(H,41,42)(H,43,44)/b35-17-/t18?,20?,24-/m0/s1. The molecule has 17 nitrogen and oxygen atoms in total. The molecule has 3 aliphatic heterocycles. The van der Waals surface area contributed by atoms with Crippen LogP contribution in [-0.2, 0) is 24.0 Å². The van der Waals surface area contributed by atoms with E-state index in [1.54, 1.807) is 0 Å². The molecule has 1 aromatic carbocycles. The number of thiazole rings is 1. The molecule has 3 atom stereocenters. The van der Waals surface area contributed by atoms with Crippen LogP contribution in [0.2, 0.25) is 0 Å². The predicted octanol–water partition coefficient (Wildman–Crippen LogP) is 1.62. The zero-order chi connectivity index (χ0) is 34.3. The Morgan fingerprint density at radius 1 is 1.17 bits per heavy atom. The molecule has 48 heavy (non-hydrogen) atoms. The van der Waals surface area contributed by atoms with Crippen molar-refractivity contribution in [3.8, 4) is 22.8 Å². The highest BCUT2D eigenvalue weighted by molar-refractivity contribution is 8.01. The van der Waals surface area contributed by atoms with Gasteiger partial charge in [0.05, 0.1) is 5.69 Å². The number of nitrogens with two attached hydrogens (primary N) is 2. The summed E-state index contributed by atoms with van der Waals surface area (Å²) in [5, 5.41) is 46.6. The zero-order valence-corrected chi connectivity index (χ0v) is 26.6. The topological polar surface area (TPSA) is 280 Å². The smallest absolute Gasteiger partial charge is 0.352 e. The van der Waals surface area contributed by atoms with Crippen LogP contribution in [0.1, 0.15) is 17.4 Å². The lowest BCUT2D eigenvalue weighted by molar-refractivity contribution is -0.151. The number of aromatic amines is 1. The minimum Gasteiger partial charge on any atom is -0.504 e. The number of aromatic hydroxyl groups is 2. The highest BCUT2D eigenvalue weighted by Crippen LogP contribution is 2.42. The van der Waals surface area contributed by atoms with E-state index in [4.69, 9.17) is 16.3 Å². The fourth-order valence-electron chi connectivity index (χ4n) is 4.95. The number of carboxylic acids is 2. The maximum absolute atomic E-state index is 13.5. The number of benzene rings is 1. The SMILES string of the molecule is Nc1nc(/C(=N/OC(C(=O)O)c2ccc(O)c(O)c2)C(=O)NC2C(=O)N3C(C(=O)O)=C(CSc4nc(N)c5cccc-5[nH]4)CS[C@@H]23)cs1. The third kappa shape index (κ3) is 6.14. The number of aliphatic carboxylic acids is 2. The molecule has 6 rings (SSSR count). The van der Waals surface area contributed by atoms with Crippen LogP contribution in [0.25, 0.3) is 11.3 Å². The lowest BCUT2D eigenvalue weighted by atomic mass is 10.0. The largest absolute Gasteiger partial charge is 0.504 e. The fourth-order valence-corrected chi connectivity index (χ4v) is 7.87. The van der Waals surface area contributed by atoms with Gasteiger partial charge in [-0.05, 0) is 29.8 Å². The van der Waals surface area contributed by atoms with E-state index in [1.165, 1.54) is 35.0 Å². The van der Waals surface area contributed by atoms with Gasteiger partial charge >= 0.3 is 11.9 Å². The number of carbonyl (C=O) groups is 4. The summed E-state index contributed by atoms with van der Waals surface area (Å²) in [6, 6.07) is 7.51. The number of H-pyrrole nitrogens is 1. The lowest BCUT2D eigenvalue weighted by Gasteiger charge is -2.49. The number of phenols is 2. The number of fused-ring (bicyclic) bond motifs is 2. The first kappa shape index (κ1) is 32.5. The minimum absolute atomic E-state index is 0.0595. The Morgan fingerprint density at radius 2 is 1.96 bits per heavy atom. The number of phenolic OH excluding ortho intramolecular Hbond substituents is 2. The Labute approximate surface area is 282 Å². The number of hydrogen-bond acceptors (Lipinski definition) is 15. The number of thioether (sulfide) groups is 2. The van der Waals surface area contributed by atoms with Crippen molar-refractivity contribution in [2.75, 3.05) is 23.0 Å². The van der Waals surface area contributed by atoms with Crippen molar-refractivity contribution in [3.63, 3.8) is 0 Å². The molecule has 20 heteroatoms. The lowest BCUT2D eigenvalue weighted by Crippen LogP contribution is -2.71. The number of rotatable bonds is 11. The second-order valence-electron chi connectivity index (χ2n) is 10.3. The van der Waals surface area contributed by atoms with Gasteiger partial charge in [-0.15, -0.1) is 23.1 Å². The van der Waals surface area contributed by atoms with Gasteiger partial charge in [0.25, 0.3) is 11.8 Å². The van der Waals surface area contributed by atoms with Gasteiger partial charge < -0.3 is 47.0 Å². The van der Waals surface area contributed by atoms with Gasteiger partial charge in [-0.2, -0.15) is 0 Å². The minimum atomic E-state index is -1.82. The van der Waals surface area contributed by atoms with Crippen LogP contribution in [0, 0.1) is 0 Å². The number of nitrogens with zero attached hydrogens (tertiary/aromatic N) is 4. The molecule has 248 valence electrons. The summed E-state index contributed by atoms with van der Waals surface area (Å²) in [7, 11) is 0. The average molecular weight is 713 g/mol. The van der Waals surface area contributed by atoms with Gasteiger partial charge in [0, 0.05) is 28.0 Å². The number of anilines is 2. The van der Waals surface area contributed by atoms with Crippen LogP contribution in [0.3, 0.4) is 0 Å². The van der Waals surface area contributed by atoms with Gasteiger partial charge in [0.15, 0.2) is 27.5 Å². The number of oxime groups is 1. The molecule has 1 aromatic heterocycles. The molecule has 1 saturated heterocycles. The van der Waals surface area contributed by atoms with Crippen molar-refractivity contribution in [3.05, 3.63) is 64.3 Å². The fraction of sp³-hybridized carbons (Fsp3) is 0.179. The van der Waals surface area contributed by atoms with Crippen molar-refractivity contribution in [2.45, 2.75) is 22.7 Å². The molecule has 0 saturated carbocycles. The molecule has 0 radical (unpaired) electrons. The van der Waals surface area contributed by atoms with Crippen LogP contribution in [0.5, 0.6) is 11.5 Å². The van der Waals surface area contributed by atoms with Crippen LogP contribution < -0.4 is 16.8 Å². The monoisotopic (exact) mass is 712 g/mol. The van der Waals surface area contributed by atoms with E-state index in [0.29, 0.717) is 16.5 Å². The van der Waals surface area contributed by atoms with Crippen molar-refractivity contribution in [2.24, 2.45) is 5.16 Å². The Hall–Kier alpha value is -5.47. The summed E-state index contributed by atoms with van der Waals surface area (Å²) in [6.07, 6.45) is -1.82. The number of carbonyl (C=O) groups excluding carboxylic acids is 2. The molecule has 4 aliphatic rings. The van der Waals surface area contributed by atoms with E-state index < -0.39 is 58.5 Å². The average Bonchev–Trinajstić information content (AvgIpc) is 3.70. The third-order valence-electron chi connectivity index (χ3n) is 7.23. The van der Waals surface area contributed by atoms with E-state index in [1.807, 2.05) is 18.2 Å². The van der Waals surface area contributed by atoms with Gasteiger partial charge in [0.1, 0.15) is 28.6 Å². The highest BCUT2D eigenvalue weighted by atomic mass is 32.2. The molecule has 2 aromatic rings. The van der Waals surface area contributed by atoms with E-state index in [-0.39, 0.29) is 33.6 Å². The van der Waals surface area contributed by atoms with Crippen molar-refractivity contribution >= 4 is 75.3 Å². The first-order valence-electron chi connectivity index (χ1n) is 13.7. The molecule has 1 aliphatic carbocycles. The van der Waals surface area contributed by atoms with Crippen molar-refractivity contribution in [1.29, 1.82) is 0 Å². The summed E-state index contributed by atoms with van der Waals surface area (Å²) in [5.74, 6) is -4.85. The first-order valence-corrected chi connectivity index (χ1v) is 16.6. The predicted molar refractivity (Wildman–Crippen MR) is 174 cm³/mol. The van der Waals surface area contributed by atoms with Crippen molar-refractivity contribution < 1.29 is 44.4 Å². The van der Waals surface area contributed by atoms with Gasteiger partial charge in [-0.1, -0.05) is 29.1 Å². The number of carboxylic acid groups (broad SMARTS) is 2. The molecular weight excluding hydrogens is 689 g/mol. The molecule has 0 spiro atoms. The van der Waals surface area contributed by atoms with E-state index >= 15 is 0 Å². The van der Waals surface area contributed by atoms with E-state index in [9.17, 15) is 39.6 Å². The normalized spacial score (nSPS) is 18.3. The quantitative estimate of drug-likeness (QED) is 0.0274. The summed E-state index contributed by atoms with van der Waals surface area (Å²) >= 11 is 3.44. The van der Waals surface area contributed by atoms with Crippen molar-refractivity contribution in [1.82, 2.24) is 25.2 Å². The Kier molecular flexibility index (Phi) is 8.77. The number of nitrogens with one attached hydrogen (secondary N) is 2. The Balaban J connectivity index is 1.20. The zero-order valence-electron chi connectivity index (χ0n) is 24.2. The number of hydrogen-bond donors (Lipinski definition) is 8. The summed E-state index contributed by atoms with van der Waals surface area (Å²) < 4.78 is 0. The highest BCUT2D eigenvalue weighted by Gasteiger charge is 2.54. The molecule has 2 amide bonds. The maximum Gasteiger partial charge on any atom is 0.352 e. The van der Waals surface area contributed by atoms with Crippen LogP contribution in [-0.4, -0.2) is 92.7 Å². The molecule has 1 fully saturated rings. The summed E-state index contributed by atoms with van der Waals surface area (Å²) in [6.45, 7) is 0. The van der Waals surface area contributed by atoms with Gasteiger partial charge in [0.2, 0.25) is 6.10 Å². The maximum atomic E-state index is 13.5. The van der Waals surface area contributed by atoms with Gasteiger partial charge in [-0.3, -0.25) is 14.5 Å². The van der Waals surface area contributed by atoms with E-state index in [0.717, 1.165) is 39.6 Å². The van der Waals surface area contributed by atoms with Crippen LogP contribution in [0.4, 0.5) is 10.9 Å². The van der Waals surface area contributed by atoms with Crippen LogP contribution >= 0.6 is 34.9 Å². The molecule has 2 unspecified atom stereocenters. The second-order valence-corrected chi connectivity index (χ2v) is 13.2.